The third-order valence-electron chi connectivity index (χ3n) is 2.71. The smallest absolute Gasteiger partial charge is 0.127 e. The maximum absolute atomic E-state index is 13.1. The predicted octanol–water partition coefficient (Wildman–Crippen LogP) is 2.26. The van der Waals surface area contributed by atoms with Crippen LogP contribution in [-0.4, -0.2) is 19.3 Å². The van der Waals surface area contributed by atoms with Crippen molar-refractivity contribution in [3.05, 3.63) is 29.6 Å². The van der Waals surface area contributed by atoms with E-state index < -0.39 is 0 Å². The summed E-state index contributed by atoms with van der Waals surface area (Å²) in [4.78, 5) is 0. The standard InChI is InChI=1S/C12H16FNO2.ClH/c13-10-2-1-9(8-14)12(7-10)16-11-3-5-15-6-4-11;/h1-2,7,11H,3-6,8,14H2;1H. The Bertz CT molecular complexity index is 356. The fourth-order valence-corrected chi connectivity index (χ4v) is 1.78. The molecular weight excluding hydrogens is 245 g/mol. The van der Waals surface area contributed by atoms with Crippen LogP contribution in [0, 0.1) is 5.82 Å². The van der Waals surface area contributed by atoms with E-state index in [4.69, 9.17) is 15.2 Å². The van der Waals surface area contributed by atoms with E-state index in [0.717, 1.165) is 18.4 Å². The summed E-state index contributed by atoms with van der Waals surface area (Å²) in [6.45, 7) is 1.77. The highest BCUT2D eigenvalue weighted by Gasteiger charge is 2.16. The Kier molecular flexibility index (Phi) is 5.68. The van der Waals surface area contributed by atoms with Gasteiger partial charge in [0.1, 0.15) is 17.7 Å². The van der Waals surface area contributed by atoms with Gasteiger partial charge in [-0.25, -0.2) is 4.39 Å². The maximum atomic E-state index is 13.1. The van der Waals surface area contributed by atoms with E-state index in [-0.39, 0.29) is 24.3 Å². The molecule has 0 atom stereocenters. The van der Waals surface area contributed by atoms with Crippen LogP contribution in [0.4, 0.5) is 4.39 Å². The van der Waals surface area contributed by atoms with Gasteiger partial charge in [0.2, 0.25) is 0 Å². The molecule has 1 aliphatic rings. The number of rotatable bonds is 3. The Hall–Kier alpha value is -0.840. The Balaban J connectivity index is 0.00000144. The number of hydrogen-bond acceptors (Lipinski definition) is 3. The number of hydrogen-bond donors (Lipinski definition) is 1. The van der Waals surface area contributed by atoms with Crippen LogP contribution in [0.5, 0.6) is 5.75 Å². The lowest BCUT2D eigenvalue weighted by molar-refractivity contribution is 0.0251. The van der Waals surface area contributed by atoms with Gasteiger partial charge < -0.3 is 15.2 Å². The average molecular weight is 262 g/mol. The summed E-state index contributed by atoms with van der Waals surface area (Å²) in [6, 6.07) is 4.47. The van der Waals surface area contributed by atoms with Crippen molar-refractivity contribution in [1.29, 1.82) is 0 Å². The molecule has 1 aromatic rings. The number of benzene rings is 1. The first-order valence-corrected chi connectivity index (χ1v) is 5.52. The van der Waals surface area contributed by atoms with Crippen molar-refractivity contribution in [1.82, 2.24) is 0 Å². The quantitative estimate of drug-likeness (QED) is 0.908. The topological polar surface area (TPSA) is 44.5 Å². The lowest BCUT2D eigenvalue weighted by Gasteiger charge is -2.24. The van der Waals surface area contributed by atoms with E-state index in [9.17, 15) is 4.39 Å². The zero-order valence-electron chi connectivity index (χ0n) is 9.52. The largest absolute Gasteiger partial charge is 0.490 e. The molecule has 1 heterocycles. The molecule has 3 nitrogen and oxygen atoms in total. The van der Waals surface area contributed by atoms with Gasteiger partial charge in [-0.05, 0) is 6.07 Å². The van der Waals surface area contributed by atoms with Gasteiger partial charge in [0, 0.05) is 31.0 Å². The molecule has 96 valence electrons. The Morgan fingerprint density at radius 1 is 1.35 bits per heavy atom. The second kappa shape index (κ2) is 6.79. The van der Waals surface area contributed by atoms with E-state index in [2.05, 4.69) is 0 Å². The molecule has 0 spiro atoms. The fourth-order valence-electron chi connectivity index (χ4n) is 1.78. The van der Waals surface area contributed by atoms with Crippen molar-refractivity contribution in [2.45, 2.75) is 25.5 Å². The molecule has 1 fully saturated rings. The summed E-state index contributed by atoms with van der Waals surface area (Å²) in [7, 11) is 0. The van der Waals surface area contributed by atoms with Crippen molar-refractivity contribution >= 4 is 12.4 Å². The highest BCUT2D eigenvalue weighted by molar-refractivity contribution is 5.85. The molecular formula is C12H17ClFNO2. The van der Waals surface area contributed by atoms with Crippen LogP contribution in [-0.2, 0) is 11.3 Å². The van der Waals surface area contributed by atoms with Crippen molar-refractivity contribution in [3.8, 4) is 5.75 Å². The molecule has 5 heteroatoms. The normalized spacial score (nSPS) is 16.4. The molecule has 1 aliphatic heterocycles. The number of halogens is 2. The molecule has 0 radical (unpaired) electrons. The molecule has 0 aromatic heterocycles. The van der Waals surface area contributed by atoms with Gasteiger partial charge in [-0.15, -0.1) is 12.4 Å². The van der Waals surface area contributed by atoms with Gasteiger partial charge >= 0.3 is 0 Å². The van der Waals surface area contributed by atoms with E-state index in [1.807, 2.05) is 0 Å². The molecule has 0 aliphatic carbocycles. The van der Waals surface area contributed by atoms with Crippen LogP contribution in [0.1, 0.15) is 18.4 Å². The van der Waals surface area contributed by atoms with Crippen LogP contribution < -0.4 is 10.5 Å². The average Bonchev–Trinajstić information content (AvgIpc) is 2.31. The SMILES string of the molecule is Cl.NCc1ccc(F)cc1OC1CCOCC1. The Labute approximate surface area is 107 Å². The van der Waals surface area contributed by atoms with Crippen LogP contribution in [0.3, 0.4) is 0 Å². The molecule has 1 saturated heterocycles. The maximum Gasteiger partial charge on any atom is 0.127 e. The minimum atomic E-state index is -0.292. The third kappa shape index (κ3) is 3.84. The van der Waals surface area contributed by atoms with Crippen LogP contribution in [0.15, 0.2) is 18.2 Å². The minimum Gasteiger partial charge on any atom is -0.490 e. The monoisotopic (exact) mass is 261 g/mol. The first-order chi connectivity index (χ1) is 7.79. The second-order valence-corrected chi connectivity index (χ2v) is 3.89. The summed E-state index contributed by atoms with van der Waals surface area (Å²) in [5.41, 5.74) is 6.42. The molecule has 0 amide bonds. The highest BCUT2D eigenvalue weighted by Crippen LogP contribution is 2.23. The van der Waals surface area contributed by atoms with Gasteiger partial charge in [-0.2, -0.15) is 0 Å². The summed E-state index contributed by atoms with van der Waals surface area (Å²) in [5, 5.41) is 0. The fraction of sp³-hybridized carbons (Fsp3) is 0.500. The number of ether oxygens (including phenoxy) is 2. The van der Waals surface area contributed by atoms with E-state index >= 15 is 0 Å². The van der Waals surface area contributed by atoms with Gasteiger partial charge in [0.15, 0.2) is 0 Å². The second-order valence-electron chi connectivity index (χ2n) is 3.89. The van der Waals surface area contributed by atoms with Gasteiger partial charge in [-0.3, -0.25) is 0 Å². The summed E-state index contributed by atoms with van der Waals surface area (Å²) in [6.07, 6.45) is 1.81. The lowest BCUT2D eigenvalue weighted by Crippen LogP contribution is -2.26. The van der Waals surface area contributed by atoms with Crippen molar-refractivity contribution < 1.29 is 13.9 Å². The van der Waals surface area contributed by atoms with E-state index in [0.29, 0.717) is 25.5 Å². The highest BCUT2D eigenvalue weighted by atomic mass is 35.5. The van der Waals surface area contributed by atoms with E-state index in [1.165, 1.54) is 12.1 Å². The van der Waals surface area contributed by atoms with Gasteiger partial charge in [0.05, 0.1) is 13.2 Å². The van der Waals surface area contributed by atoms with Crippen LogP contribution >= 0.6 is 12.4 Å². The van der Waals surface area contributed by atoms with Crippen LogP contribution in [0.2, 0.25) is 0 Å². The molecule has 0 saturated carbocycles. The first-order valence-electron chi connectivity index (χ1n) is 5.52. The van der Waals surface area contributed by atoms with Crippen LogP contribution in [0.25, 0.3) is 0 Å². The number of nitrogens with two attached hydrogens (primary N) is 1. The van der Waals surface area contributed by atoms with Crippen molar-refractivity contribution in [2.75, 3.05) is 13.2 Å². The van der Waals surface area contributed by atoms with Gasteiger partial charge in [-0.1, -0.05) is 6.07 Å². The molecule has 2 N–H and O–H groups in total. The summed E-state index contributed by atoms with van der Waals surface area (Å²) >= 11 is 0. The lowest BCUT2D eigenvalue weighted by atomic mass is 10.1. The minimum absolute atomic E-state index is 0. The van der Waals surface area contributed by atoms with Crippen molar-refractivity contribution in [3.63, 3.8) is 0 Å². The molecule has 17 heavy (non-hydrogen) atoms. The first kappa shape index (κ1) is 14.2. The predicted molar refractivity (Wildman–Crippen MR) is 66.0 cm³/mol. The molecule has 1 aromatic carbocycles. The molecule has 0 unspecified atom stereocenters. The molecule has 2 rings (SSSR count). The third-order valence-corrected chi connectivity index (χ3v) is 2.71. The Morgan fingerprint density at radius 3 is 2.71 bits per heavy atom. The zero-order chi connectivity index (χ0) is 11.4. The zero-order valence-corrected chi connectivity index (χ0v) is 10.3. The van der Waals surface area contributed by atoms with Crippen molar-refractivity contribution in [2.24, 2.45) is 5.73 Å². The van der Waals surface area contributed by atoms with Gasteiger partial charge in [0.25, 0.3) is 0 Å². The summed E-state index contributed by atoms with van der Waals surface area (Å²) in [5.74, 6) is 0.272. The summed E-state index contributed by atoms with van der Waals surface area (Å²) < 4.78 is 24.1. The van der Waals surface area contributed by atoms with E-state index in [1.54, 1.807) is 6.07 Å². The molecule has 0 bridgehead atoms. The Morgan fingerprint density at radius 2 is 2.06 bits per heavy atom.